The van der Waals surface area contributed by atoms with Crippen LogP contribution in [0, 0.1) is 0 Å². The molecule has 0 radical (unpaired) electrons. The molecule has 0 unspecified atom stereocenters. The number of likely N-dealkylation sites (N-methyl/N-ethyl adjacent to an activating group) is 1. The van der Waals surface area contributed by atoms with E-state index in [0.29, 0.717) is 24.7 Å². The molecule has 0 aliphatic carbocycles. The van der Waals surface area contributed by atoms with Crippen LogP contribution in [-0.4, -0.2) is 32.4 Å². The maximum atomic E-state index is 12.7. The number of rotatable bonds is 8. The number of sulfonamides is 1. The van der Waals surface area contributed by atoms with Crippen LogP contribution in [0.15, 0.2) is 35.2 Å². The van der Waals surface area contributed by atoms with Gasteiger partial charge in [0.2, 0.25) is 10.0 Å². The van der Waals surface area contributed by atoms with E-state index < -0.39 is 10.0 Å². The number of benzene rings is 1. The van der Waals surface area contributed by atoms with Gasteiger partial charge in [-0.15, -0.1) is 0 Å². The van der Waals surface area contributed by atoms with Gasteiger partial charge in [-0.1, -0.05) is 37.6 Å². The second-order valence-corrected chi connectivity index (χ2v) is 7.27. The third kappa shape index (κ3) is 4.81. The molecule has 1 aromatic rings. The Bertz CT molecular complexity index is 600. The molecule has 0 fully saturated rings. The molecular formula is C15H23ClN2O2S. The zero-order valence-electron chi connectivity index (χ0n) is 12.8. The minimum absolute atomic E-state index is 0.267. The second-order valence-electron chi connectivity index (χ2n) is 4.92. The van der Waals surface area contributed by atoms with Gasteiger partial charge in [0, 0.05) is 24.7 Å². The highest BCUT2D eigenvalue weighted by molar-refractivity contribution is 7.89. The summed E-state index contributed by atoms with van der Waals surface area (Å²) in [6.07, 6.45) is 0. The summed E-state index contributed by atoms with van der Waals surface area (Å²) in [7, 11) is -3.52. The van der Waals surface area contributed by atoms with Crippen molar-refractivity contribution in [2.75, 3.05) is 19.6 Å². The molecule has 0 heterocycles. The topological polar surface area (TPSA) is 49.4 Å². The number of nitrogens with one attached hydrogen (secondary N) is 1. The van der Waals surface area contributed by atoms with E-state index in [2.05, 4.69) is 11.9 Å². The van der Waals surface area contributed by atoms with Gasteiger partial charge in [-0.05, 0) is 37.2 Å². The van der Waals surface area contributed by atoms with Crippen LogP contribution in [0.1, 0.15) is 26.3 Å². The van der Waals surface area contributed by atoms with Crippen molar-refractivity contribution in [3.05, 3.63) is 40.9 Å². The first-order chi connectivity index (χ1) is 9.82. The van der Waals surface area contributed by atoms with E-state index in [0.717, 1.165) is 17.7 Å². The smallest absolute Gasteiger partial charge is 0.243 e. The molecule has 0 atom stereocenters. The van der Waals surface area contributed by atoms with Crippen molar-refractivity contribution >= 4 is 21.6 Å². The van der Waals surface area contributed by atoms with Gasteiger partial charge in [0.25, 0.3) is 0 Å². The van der Waals surface area contributed by atoms with Crippen molar-refractivity contribution in [1.82, 2.24) is 9.62 Å². The molecule has 0 amide bonds. The van der Waals surface area contributed by atoms with E-state index in [4.69, 9.17) is 11.6 Å². The SMILES string of the molecule is C=C(C)CN(CC)S(=O)(=O)c1ccc(Cl)c(CNCC)c1. The van der Waals surface area contributed by atoms with Crippen molar-refractivity contribution in [1.29, 1.82) is 0 Å². The summed E-state index contributed by atoms with van der Waals surface area (Å²) in [5, 5.41) is 3.72. The Labute approximate surface area is 132 Å². The molecule has 0 saturated carbocycles. The molecule has 0 bridgehead atoms. The third-order valence-electron chi connectivity index (χ3n) is 3.02. The Morgan fingerprint density at radius 3 is 2.57 bits per heavy atom. The molecule has 118 valence electrons. The van der Waals surface area contributed by atoms with Crippen LogP contribution in [-0.2, 0) is 16.6 Å². The molecule has 0 saturated heterocycles. The van der Waals surface area contributed by atoms with E-state index in [1.165, 1.54) is 4.31 Å². The first-order valence-electron chi connectivity index (χ1n) is 6.96. The van der Waals surface area contributed by atoms with E-state index in [-0.39, 0.29) is 4.90 Å². The zero-order chi connectivity index (χ0) is 16.0. The van der Waals surface area contributed by atoms with Gasteiger partial charge >= 0.3 is 0 Å². The van der Waals surface area contributed by atoms with Gasteiger partial charge in [0.15, 0.2) is 0 Å². The van der Waals surface area contributed by atoms with Gasteiger partial charge in [-0.3, -0.25) is 0 Å². The summed E-state index contributed by atoms with van der Waals surface area (Å²) in [5.41, 5.74) is 1.59. The van der Waals surface area contributed by atoms with Gasteiger partial charge in [-0.25, -0.2) is 8.42 Å². The highest BCUT2D eigenvalue weighted by Gasteiger charge is 2.23. The van der Waals surface area contributed by atoms with Crippen LogP contribution < -0.4 is 5.32 Å². The molecular weight excluding hydrogens is 308 g/mol. The van der Waals surface area contributed by atoms with Crippen LogP contribution in [0.4, 0.5) is 0 Å². The fraction of sp³-hybridized carbons (Fsp3) is 0.467. The van der Waals surface area contributed by atoms with E-state index in [1.807, 2.05) is 20.8 Å². The predicted octanol–water partition coefficient (Wildman–Crippen LogP) is 3.04. The first-order valence-corrected chi connectivity index (χ1v) is 8.78. The standard InChI is InChI=1S/C15H23ClN2O2S/c1-5-17-10-13-9-14(7-8-15(13)16)21(19,20)18(6-2)11-12(3)4/h7-9,17H,3,5-6,10-11H2,1-2,4H3. The summed E-state index contributed by atoms with van der Waals surface area (Å²) in [6, 6.07) is 4.82. The monoisotopic (exact) mass is 330 g/mol. The van der Waals surface area contributed by atoms with Crippen LogP contribution in [0.5, 0.6) is 0 Å². The number of hydrogen-bond acceptors (Lipinski definition) is 3. The molecule has 21 heavy (non-hydrogen) atoms. The summed E-state index contributed by atoms with van der Waals surface area (Å²) in [6.45, 7) is 11.5. The highest BCUT2D eigenvalue weighted by Crippen LogP contribution is 2.23. The Hall–Kier alpha value is -0.880. The quantitative estimate of drug-likeness (QED) is 0.745. The average molecular weight is 331 g/mol. The lowest BCUT2D eigenvalue weighted by Crippen LogP contribution is -2.32. The van der Waals surface area contributed by atoms with Crippen molar-refractivity contribution in [2.45, 2.75) is 32.2 Å². The Balaban J connectivity index is 3.15. The molecule has 1 aromatic carbocycles. The van der Waals surface area contributed by atoms with E-state index in [9.17, 15) is 8.42 Å². The summed E-state index contributed by atoms with van der Waals surface area (Å²) in [5.74, 6) is 0. The van der Waals surface area contributed by atoms with Gasteiger partial charge in [0.1, 0.15) is 0 Å². The van der Waals surface area contributed by atoms with E-state index >= 15 is 0 Å². The molecule has 1 rings (SSSR count). The molecule has 6 heteroatoms. The number of halogens is 1. The van der Waals surface area contributed by atoms with Gasteiger partial charge < -0.3 is 5.32 Å². The van der Waals surface area contributed by atoms with Crippen molar-refractivity contribution in [3.63, 3.8) is 0 Å². The molecule has 0 spiro atoms. The lowest BCUT2D eigenvalue weighted by atomic mass is 10.2. The van der Waals surface area contributed by atoms with Gasteiger partial charge in [-0.2, -0.15) is 4.31 Å². The van der Waals surface area contributed by atoms with Crippen molar-refractivity contribution < 1.29 is 8.42 Å². The predicted molar refractivity (Wildman–Crippen MR) is 88.1 cm³/mol. The zero-order valence-corrected chi connectivity index (χ0v) is 14.4. The molecule has 0 aliphatic heterocycles. The van der Waals surface area contributed by atoms with Crippen LogP contribution in [0.25, 0.3) is 0 Å². The summed E-state index contributed by atoms with van der Waals surface area (Å²) >= 11 is 6.12. The summed E-state index contributed by atoms with van der Waals surface area (Å²) in [4.78, 5) is 0.267. The number of hydrogen-bond donors (Lipinski definition) is 1. The molecule has 1 N–H and O–H groups in total. The van der Waals surface area contributed by atoms with Crippen LogP contribution in [0.2, 0.25) is 5.02 Å². The minimum Gasteiger partial charge on any atom is -0.313 e. The third-order valence-corrected chi connectivity index (χ3v) is 5.30. The lowest BCUT2D eigenvalue weighted by Gasteiger charge is -2.21. The maximum absolute atomic E-state index is 12.7. The molecule has 4 nitrogen and oxygen atoms in total. The Morgan fingerprint density at radius 1 is 1.38 bits per heavy atom. The fourth-order valence-corrected chi connectivity index (χ4v) is 3.67. The van der Waals surface area contributed by atoms with Gasteiger partial charge in [0.05, 0.1) is 4.90 Å². The summed E-state index contributed by atoms with van der Waals surface area (Å²) < 4.78 is 26.7. The van der Waals surface area contributed by atoms with Crippen LogP contribution >= 0.6 is 11.6 Å². The normalized spacial score (nSPS) is 11.9. The minimum atomic E-state index is -3.52. The van der Waals surface area contributed by atoms with E-state index in [1.54, 1.807) is 18.2 Å². The molecule has 0 aromatic heterocycles. The molecule has 0 aliphatic rings. The lowest BCUT2D eigenvalue weighted by molar-refractivity contribution is 0.453. The second kappa shape index (κ2) is 7.94. The number of nitrogens with zero attached hydrogens (tertiary/aromatic N) is 1. The van der Waals surface area contributed by atoms with Crippen molar-refractivity contribution in [3.8, 4) is 0 Å². The highest BCUT2D eigenvalue weighted by atomic mass is 35.5. The van der Waals surface area contributed by atoms with Crippen LogP contribution in [0.3, 0.4) is 0 Å². The van der Waals surface area contributed by atoms with Crippen molar-refractivity contribution in [2.24, 2.45) is 0 Å². The maximum Gasteiger partial charge on any atom is 0.243 e. The Kier molecular flexibility index (Phi) is 6.87. The largest absolute Gasteiger partial charge is 0.313 e. The fourth-order valence-electron chi connectivity index (χ4n) is 1.92. The average Bonchev–Trinajstić information content (AvgIpc) is 2.43. The first kappa shape index (κ1) is 18.2. The Morgan fingerprint density at radius 2 is 2.05 bits per heavy atom.